The molecule has 0 bridgehead atoms. The minimum Gasteiger partial charge on any atom is -0.347 e. The van der Waals surface area contributed by atoms with Crippen molar-refractivity contribution in [1.82, 2.24) is 4.57 Å². The van der Waals surface area contributed by atoms with E-state index >= 15 is 0 Å². The van der Waals surface area contributed by atoms with Gasteiger partial charge in [0.2, 0.25) is 0 Å². The van der Waals surface area contributed by atoms with E-state index in [-0.39, 0.29) is 10.6 Å². The molecule has 0 saturated heterocycles. The highest BCUT2D eigenvalue weighted by molar-refractivity contribution is 5.95. The Kier molecular flexibility index (Phi) is 2.22. The van der Waals surface area contributed by atoms with Gasteiger partial charge in [0, 0.05) is 18.8 Å². The van der Waals surface area contributed by atoms with E-state index in [1.54, 1.807) is 12.1 Å². The topological polar surface area (TPSA) is 48.1 Å². The van der Waals surface area contributed by atoms with Crippen LogP contribution in [0.2, 0.25) is 0 Å². The molecule has 0 aliphatic rings. The second kappa shape index (κ2) is 3.33. The van der Waals surface area contributed by atoms with Crippen molar-refractivity contribution >= 4 is 16.6 Å². The summed E-state index contributed by atoms with van der Waals surface area (Å²) in [5.41, 5.74) is 4.30. The summed E-state index contributed by atoms with van der Waals surface area (Å²) in [6.45, 7) is 5.90. The smallest absolute Gasteiger partial charge is 0.279 e. The number of rotatable bonds is 1. The molecule has 4 nitrogen and oxygen atoms in total. The van der Waals surface area contributed by atoms with Gasteiger partial charge in [-0.05, 0) is 31.9 Å². The lowest BCUT2D eigenvalue weighted by molar-refractivity contribution is -0.383. The Morgan fingerprint density at radius 3 is 2.44 bits per heavy atom. The molecule has 0 radical (unpaired) electrons. The minimum absolute atomic E-state index is 0.196. The summed E-state index contributed by atoms with van der Waals surface area (Å²) >= 11 is 0. The standard InChI is InChI=1S/C12H14N2O2/c1-7-5-6-10(14(15)16)11-8(2)9(3)13(4)12(7)11/h5-6H,1-4H3. The molecule has 0 aliphatic heterocycles. The Hall–Kier alpha value is -1.84. The number of hydrogen-bond acceptors (Lipinski definition) is 2. The molecular formula is C12H14N2O2. The van der Waals surface area contributed by atoms with Gasteiger partial charge < -0.3 is 4.57 Å². The summed E-state index contributed by atoms with van der Waals surface area (Å²) in [6.07, 6.45) is 0. The summed E-state index contributed by atoms with van der Waals surface area (Å²) in [4.78, 5) is 10.7. The van der Waals surface area contributed by atoms with Crippen LogP contribution in [0, 0.1) is 30.9 Å². The zero-order valence-corrected chi connectivity index (χ0v) is 9.87. The predicted molar refractivity (Wildman–Crippen MR) is 63.8 cm³/mol. The van der Waals surface area contributed by atoms with Gasteiger partial charge in [-0.1, -0.05) is 6.07 Å². The summed E-state index contributed by atoms with van der Waals surface area (Å²) in [5, 5.41) is 11.8. The Labute approximate surface area is 93.6 Å². The minimum atomic E-state index is -0.311. The first-order valence-electron chi connectivity index (χ1n) is 5.14. The maximum atomic E-state index is 11.0. The van der Waals surface area contributed by atoms with E-state index in [1.165, 1.54) is 0 Å². The number of nitrogens with zero attached hydrogens (tertiary/aromatic N) is 2. The third-order valence-corrected chi connectivity index (χ3v) is 3.31. The van der Waals surface area contributed by atoms with Crippen LogP contribution >= 0.6 is 0 Å². The second-order valence-corrected chi connectivity index (χ2v) is 4.15. The van der Waals surface area contributed by atoms with Gasteiger partial charge in [0.15, 0.2) is 0 Å². The van der Waals surface area contributed by atoms with Crippen LogP contribution in [-0.4, -0.2) is 9.49 Å². The number of nitro benzene ring substituents is 1. The van der Waals surface area contributed by atoms with Crippen molar-refractivity contribution in [3.05, 3.63) is 39.1 Å². The lowest BCUT2D eigenvalue weighted by Crippen LogP contribution is -1.93. The molecule has 1 aromatic heterocycles. The number of non-ortho nitro benzene ring substituents is 1. The van der Waals surface area contributed by atoms with Gasteiger partial charge in [0.05, 0.1) is 15.8 Å². The van der Waals surface area contributed by atoms with Gasteiger partial charge in [-0.25, -0.2) is 0 Å². The van der Waals surface area contributed by atoms with Gasteiger partial charge >= 0.3 is 0 Å². The molecule has 2 aromatic rings. The molecular weight excluding hydrogens is 204 g/mol. The first-order chi connectivity index (χ1) is 7.45. The van der Waals surface area contributed by atoms with Crippen molar-refractivity contribution in [3.8, 4) is 0 Å². The second-order valence-electron chi connectivity index (χ2n) is 4.15. The highest BCUT2D eigenvalue weighted by Crippen LogP contribution is 2.33. The Morgan fingerprint density at radius 2 is 1.88 bits per heavy atom. The molecule has 0 unspecified atom stereocenters. The molecule has 0 N–H and O–H groups in total. The molecule has 1 heterocycles. The van der Waals surface area contributed by atoms with Crippen LogP contribution in [0.1, 0.15) is 16.8 Å². The number of aryl methyl sites for hydroxylation is 3. The number of benzene rings is 1. The monoisotopic (exact) mass is 218 g/mol. The van der Waals surface area contributed by atoms with Crippen molar-refractivity contribution in [2.24, 2.45) is 7.05 Å². The highest BCUT2D eigenvalue weighted by atomic mass is 16.6. The third kappa shape index (κ3) is 1.23. The quantitative estimate of drug-likeness (QED) is 0.545. The molecule has 0 spiro atoms. The van der Waals surface area contributed by atoms with E-state index in [4.69, 9.17) is 0 Å². The lowest BCUT2D eigenvalue weighted by atomic mass is 10.1. The zero-order valence-electron chi connectivity index (χ0n) is 9.87. The Bertz CT molecular complexity index is 597. The maximum absolute atomic E-state index is 11.0. The van der Waals surface area contributed by atoms with E-state index in [2.05, 4.69) is 0 Å². The predicted octanol–water partition coefficient (Wildman–Crippen LogP) is 3.01. The summed E-state index contributed by atoms with van der Waals surface area (Å²) in [6, 6.07) is 3.39. The van der Waals surface area contributed by atoms with Crippen LogP contribution in [-0.2, 0) is 7.05 Å². The third-order valence-electron chi connectivity index (χ3n) is 3.31. The normalized spacial score (nSPS) is 11.0. The van der Waals surface area contributed by atoms with E-state index in [0.29, 0.717) is 0 Å². The first-order valence-corrected chi connectivity index (χ1v) is 5.14. The summed E-state index contributed by atoms with van der Waals surface area (Å²) in [5.74, 6) is 0. The number of fused-ring (bicyclic) bond motifs is 1. The van der Waals surface area contributed by atoms with Gasteiger partial charge in [-0.3, -0.25) is 10.1 Å². The van der Waals surface area contributed by atoms with Crippen molar-refractivity contribution in [2.75, 3.05) is 0 Å². The summed E-state index contributed by atoms with van der Waals surface area (Å²) in [7, 11) is 1.95. The zero-order chi connectivity index (χ0) is 12.0. The van der Waals surface area contributed by atoms with Gasteiger partial charge in [-0.15, -0.1) is 0 Å². The Balaban J connectivity index is 3.04. The largest absolute Gasteiger partial charge is 0.347 e. The van der Waals surface area contributed by atoms with E-state index in [9.17, 15) is 10.1 Å². The van der Waals surface area contributed by atoms with Crippen molar-refractivity contribution in [3.63, 3.8) is 0 Å². The fourth-order valence-corrected chi connectivity index (χ4v) is 2.24. The molecule has 0 fully saturated rings. The first kappa shape index (κ1) is 10.7. The van der Waals surface area contributed by atoms with Crippen LogP contribution in [0.4, 0.5) is 5.69 Å². The van der Waals surface area contributed by atoms with Gasteiger partial charge in [-0.2, -0.15) is 0 Å². The molecule has 84 valence electrons. The fraction of sp³-hybridized carbons (Fsp3) is 0.333. The van der Waals surface area contributed by atoms with Crippen LogP contribution in [0.25, 0.3) is 10.9 Å². The number of nitro groups is 1. The van der Waals surface area contributed by atoms with Crippen LogP contribution in [0.15, 0.2) is 12.1 Å². The van der Waals surface area contributed by atoms with E-state index in [1.807, 2.05) is 32.4 Å². The van der Waals surface area contributed by atoms with Crippen molar-refractivity contribution < 1.29 is 4.92 Å². The lowest BCUT2D eigenvalue weighted by Gasteiger charge is -2.02. The molecule has 0 atom stereocenters. The molecule has 0 saturated carbocycles. The number of aromatic nitrogens is 1. The van der Waals surface area contributed by atoms with E-state index in [0.717, 1.165) is 27.7 Å². The fourth-order valence-electron chi connectivity index (χ4n) is 2.24. The maximum Gasteiger partial charge on any atom is 0.279 e. The molecule has 0 aliphatic carbocycles. The van der Waals surface area contributed by atoms with Crippen molar-refractivity contribution in [2.45, 2.75) is 20.8 Å². The molecule has 4 heteroatoms. The van der Waals surface area contributed by atoms with Gasteiger partial charge in [0.25, 0.3) is 5.69 Å². The molecule has 2 rings (SSSR count). The van der Waals surface area contributed by atoms with Crippen LogP contribution < -0.4 is 0 Å². The van der Waals surface area contributed by atoms with E-state index < -0.39 is 0 Å². The summed E-state index contributed by atoms with van der Waals surface area (Å²) < 4.78 is 2.02. The van der Waals surface area contributed by atoms with Crippen LogP contribution in [0.3, 0.4) is 0 Å². The average molecular weight is 218 g/mol. The van der Waals surface area contributed by atoms with Gasteiger partial charge in [0.1, 0.15) is 0 Å². The molecule has 0 amide bonds. The van der Waals surface area contributed by atoms with Crippen LogP contribution in [0.5, 0.6) is 0 Å². The highest BCUT2D eigenvalue weighted by Gasteiger charge is 2.20. The molecule has 1 aromatic carbocycles. The average Bonchev–Trinajstić information content (AvgIpc) is 2.45. The Morgan fingerprint density at radius 1 is 1.25 bits per heavy atom. The van der Waals surface area contributed by atoms with Crippen molar-refractivity contribution in [1.29, 1.82) is 0 Å². The SMILES string of the molecule is Cc1c(C)n(C)c2c(C)ccc([N+](=O)[O-])c12. The number of hydrogen-bond donors (Lipinski definition) is 0. The molecule has 16 heavy (non-hydrogen) atoms.